The van der Waals surface area contributed by atoms with E-state index in [1.165, 1.54) is 12.4 Å². The van der Waals surface area contributed by atoms with Gasteiger partial charge in [0.15, 0.2) is 5.75 Å². The molecular formula is C11H12N4O3. The zero-order chi connectivity index (χ0) is 13.3. The maximum Gasteiger partial charge on any atom is 0.338 e. The van der Waals surface area contributed by atoms with Gasteiger partial charge in [-0.2, -0.15) is 5.10 Å². The quantitative estimate of drug-likeness (QED) is 0.880. The van der Waals surface area contributed by atoms with Crippen molar-refractivity contribution in [2.45, 2.75) is 13.8 Å². The molecule has 0 saturated carbocycles. The standard InChI is InChI=1S/C11H12N4O3/c1-6-9(7(2)15(3)14-6)18-11-12-4-8(5-13-11)10(16)17/h4-5H,1-3H3,(H,16,17). The lowest BCUT2D eigenvalue weighted by atomic mass is 10.3. The number of aromatic carboxylic acids is 1. The van der Waals surface area contributed by atoms with E-state index in [9.17, 15) is 4.79 Å². The van der Waals surface area contributed by atoms with Crippen LogP contribution < -0.4 is 4.74 Å². The highest BCUT2D eigenvalue weighted by molar-refractivity contribution is 5.86. The Bertz CT molecular complexity index is 589. The third kappa shape index (κ3) is 2.15. The maximum atomic E-state index is 10.6. The van der Waals surface area contributed by atoms with Crippen LogP contribution in [0.4, 0.5) is 0 Å². The summed E-state index contributed by atoms with van der Waals surface area (Å²) in [6.45, 7) is 3.68. The molecule has 94 valence electrons. The number of carboxylic acid groups (broad SMARTS) is 1. The zero-order valence-corrected chi connectivity index (χ0v) is 10.2. The monoisotopic (exact) mass is 248 g/mol. The van der Waals surface area contributed by atoms with Gasteiger partial charge in [-0.15, -0.1) is 0 Å². The van der Waals surface area contributed by atoms with E-state index in [1.54, 1.807) is 4.68 Å². The summed E-state index contributed by atoms with van der Waals surface area (Å²) in [5, 5.41) is 12.9. The minimum atomic E-state index is -1.07. The van der Waals surface area contributed by atoms with Gasteiger partial charge in [0, 0.05) is 19.4 Å². The van der Waals surface area contributed by atoms with Gasteiger partial charge in [0.05, 0.1) is 11.3 Å². The molecule has 2 aromatic heterocycles. The molecule has 18 heavy (non-hydrogen) atoms. The molecular weight excluding hydrogens is 236 g/mol. The van der Waals surface area contributed by atoms with E-state index in [2.05, 4.69) is 15.1 Å². The van der Waals surface area contributed by atoms with E-state index in [4.69, 9.17) is 9.84 Å². The van der Waals surface area contributed by atoms with Gasteiger partial charge in [-0.1, -0.05) is 0 Å². The lowest BCUT2D eigenvalue weighted by Gasteiger charge is -2.03. The lowest BCUT2D eigenvalue weighted by molar-refractivity contribution is 0.0696. The second-order valence-electron chi connectivity index (χ2n) is 3.79. The molecule has 0 saturated heterocycles. The number of aromatic nitrogens is 4. The Hall–Kier alpha value is -2.44. The molecule has 2 aromatic rings. The van der Waals surface area contributed by atoms with Crippen molar-refractivity contribution < 1.29 is 14.6 Å². The van der Waals surface area contributed by atoms with E-state index in [0.717, 1.165) is 11.4 Å². The number of aryl methyl sites for hydroxylation is 2. The summed E-state index contributed by atoms with van der Waals surface area (Å²) in [4.78, 5) is 18.3. The minimum Gasteiger partial charge on any atom is -0.478 e. The third-order valence-corrected chi connectivity index (χ3v) is 2.51. The Labute approximate surface area is 103 Å². The van der Waals surface area contributed by atoms with Crippen molar-refractivity contribution in [3.8, 4) is 11.8 Å². The van der Waals surface area contributed by atoms with Crippen LogP contribution in [-0.4, -0.2) is 30.8 Å². The predicted molar refractivity (Wildman–Crippen MR) is 61.7 cm³/mol. The number of hydrogen-bond acceptors (Lipinski definition) is 5. The molecule has 0 aromatic carbocycles. The number of hydrogen-bond donors (Lipinski definition) is 1. The summed E-state index contributed by atoms with van der Waals surface area (Å²) < 4.78 is 7.19. The molecule has 2 rings (SSSR count). The van der Waals surface area contributed by atoms with Crippen molar-refractivity contribution in [3.63, 3.8) is 0 Å². The van der Waals surface area contributed by atoms with Crippen LogP contribution in [0.1, 0.15) is 21.7 Å². The molecule has 0 aliphatic rings. The topological polar surface area (TPSA) is 90.1 Å². The summed E-state index contributed by atoms with van der Waals surface area (Å²) in [7, 11) is 1.81. The molecule has 0 atom stereocenters. The zero-order valence-electron chi connectivity index (χ0n) is 10.2. The van der Waals surface area contributed by atoms with Gasteiger partial charge in [0.1, 0.15) is 5.69 Å². The lowest BCUT2D eigenvalue weighted by Crippen LogP contribution is -2.00. The van der Waals surface area contributed by atoms with Gasteiger partial charge in [0.2, 0.25) is 0 Å². The van der Waals surface area contributed by atoms with Gasteiger partial charge in [0.25, 0.3) is 0 Å². The van der Waals surface area contributed by atoms with Gasteiger partial charge < -0.3 is 9.84 Å². The number of ether oxygens (including phenoxy) is 1. The van der Waals surface area contributed by atoms with E-state index in [1.807, 2.05) is 20.9 Å². The molecule has 0 fully saturated rings. The van der Waals surface area contributed by atoms with E-state index in [0.29, 0.717) is 5.75 Å². The normalized spacial score (nSPS) is 10.4. The summed E-state index contributed by atoms with van der Waals surface area (Å²) in [5.41, 5.74) is 1.58. The van der Waals surface area contributed by atoms with Crippen molar-refractivity contribution >= 4 is 5.97 Å². The molecule has 0 unspecified atom stereocenters. The number of rotatable bonds is 3. The van der Waals surface area contributed by atoms with Crippen molar-refractivity contribution in [3.05, 3.63) is 29.3 Å². The molecule has 0 radical (unpaired) electrons. The van der Waals surface area contributed by atoms with Crippen LogP contribution in [0.3, 0.4) is 0 Å². The van der Waals surface area contributed by atoms with Crippen molar-refractivity contribution in [2.75, 3.05) is 0 Å². The second kappa shape index (κ2) is 4.44. The van der Waals surface area contributed by atoms with Crippen LogP contribution in [0.25, 0.3) is 0 Å². The summed E-state index contributed by atoms with van der Waals surface area (Å²) in [6, 6.07) is 0.0965. The van der Waals surface area contributed by atoms with Crippen molar-refractivity contribution in [2.24, 2.45) is 7.05 Å². The first-order chi connectivity index (χ1) is 8.49. The maximum absolute atomic E-state index is 10.6. The fourth-order valence-electron chi connectivity index (χ4n) is 1.47. The summed E-state index contributed by atoms with van der Waals surface area (Å²) >= 11 is 0. The molecule has 7 nitrogen and oxygen atoms in total. The van der Waals surface area contributed by atoms with Crippen molar-refractivity contribution in [1.29, 1.82) is 0 Å². The Morgan fingerprint density at radius 1 is 1.33 bits per heavy atom. The first kappa shape index (κ1) is 12.0. The SMILES string of the molecule is Cc1nn(C)c(C)c1Oc1ncc(C(=O)O)cn1. The summed E-state index contributed by atoms with van der Waals surface area (Å²) in [5.74, 6) is -0.490. The first-order valence-corrected chi connectivity index (χ1v) is 5.22. The molecule has 0 aliphatic carbocycles. The number of carbonyl (C=O) groups is 1. The second-order valence-corrected chi connectivity index (χ2v) is 3.79. The number of nitrogens with zero attached hydrogens (tertiary/aromatic N) is 4. The molecule has 0 aliphatic heterocycles. The highest BCUT2D eigenvalue weighted by Crippen LogP contribution is 2.25. The Morgan fingerprint density at radius 2 is 1.94 bits per heavy atom. The average Bonchev–Trinajstić information content (AvgIpc) is 2.57. The van der Waals surface area contributed by atoms with Crippen molar-refractivity contribution in [1.82, 2.24) is 19.7 Å². The third-order valence-electron chi connectivity index (χ3n) is 2.51. The van der Waals surface area contributed by atoms with Gasteiger partial charge in [-0.3, -0.25) is 4.68 Å². The molecule has 2 heterocycles. The van der Waals surface area contributed by atoms with Crippen LogP contribution >= 0.6 is 0 Å². The van der Waals surface area contributed by atoms with Gasteiger partial charge in [-0.05, 0) is 13.8 Å². The van der Waals surface area contributed by atoms with Gasteiger partial charge >= 0.3 is 12.0 Å². The molecule has 0 spiro atoms. The first-order valence-electron chi connectivity index (χ1n) is 5.22. The van der Waals surface area contributed by atoms with Gasteiger partial charge in [-0.25, -0.2) is 14.8 Å². The fraction of sp³-hybridized carbons (Fsp3) is 0.273. The minimum absolute atomic E-state index is 0.0157. The van der Waals surface area contributed by atoms with Crippen LogP contribution in [0.15, 0.2) is 12.4 Å². The smallest absolute Gasteiger partial charge is 0.338 e. The Kier molecular flexibility index (Phi) is 2.97. The Balaban J connectivity index is 2.26. The highest BCUT2D eigenvalue weighted by Gasteiger charge is 2.13. The molecule has 0 amide bonds. The van der Waals surface area contributed by atoms with E-state index < -0.39 is 5.97 Å². The molecule has 0 bridgehead atoms. The Morgan fingerprint density at radius 3 is 2.39 bits per heavy atom. The highest BCUT2D eigenvalue weighted by atomic mass is 16.5. The van der Waals surface area contributed by atoms with E-state index >= 15 is 0 Å². The molecule has 7 heteroatoms. The molecule has 1 N–H and O–H groups in total. The average molecular weight is 248 g/mol. The summed E-state index contributed by atoms with van der Waals surface area (Å²) in [6.07, 6.45) is 2.40. The van der Waals surface area contributed by atoms with Crippen LogP contribution in [0.5, 0.6) is 11.8 Å². The largest absolute Gasteiger partial charge is 0.478 e. The van der Waals surface area contributed by atoms with E-state index in [-0.39, 0.29) is 11.6 Å². The van der Waals surface area contributed by atoms with Crippen LogP contribution in [0.2, 0.25) is 0 Å². The van der Waals surface area contributed by atoms with Crippen LogP contribution in [0, 0.1) is 13.8 Å². The van der Waals surface area contributed by atoms with Crippen LogP contribution in [-0.2, 0) is 7.05 Å². The number of carboxylic acids is 1. The fourth-order valence-corrected chi connectivity index (χ4v) is 1.47. The predicted octanol–water partition coefficient (Wildman–Crippen LogP) is 1.32.